The molecule has 0 aliphatic carbocycles. The molecule has 0 saturated carbocycles. The van der Waals surface area contributed by atoms with Crippen LogP contribution in [0.2, 0.25) is 5.02 Å². The van der Waals surface area contributed by atoms with Crippen molar-refractivity contribution in [3.63, 3.8) is 0 Å². The number of hydrogen-bond donors (Lipinski definition) is 1. The number of nitrogens with one attached hydrogen (secondary N) is 1. The summed E-state index contributed by atoms with van der Waals surface area (Å²) in [7, 11) is 0. The molecule has 0 atom stereocenters. The molecule has 1 N–H and O–H groups in total. The second-order valence-corrected chi connectivity index (χ2v) is 4.79. The lowest BCUT2D eigenvalue weighted by Crippen LogP contribution is -2.13. The molecule has 100 valence electrons. The van der Waals surface area contributed by atoms with Crippen molar-refractivity contribution >= 4 is 23.2 Å². The summed E-state index contributed by atoms with van der Waals surface area (Å²) in [5, 5.41) is 7.62. The first kappa shape index (κ1) is 13.6. The summed E-state index contributed by atoms with van der Waals surface area (Å²) in [6, 6.07) is 7.13. The van der Waals surface area contributed by atoms with E-state index in [1.807, 2.05) is 19.1 Å². The third kappa shape index (κ3) is 3.35. The summed E-state index contributed by atoms with van der Waals surface area (Å²) >= 11 is 6.02. The first-order chi connectivity index (χ1) is 9.10. The second-order valence-electron chi connectivity index (χ2n) is 4.38. The number of hydrogen-bond acceptors (Lipinski definition) is 2. The second kappa shape index (κ2) is 5.89. The minimum absolute atomic E-state index is 0.227. The maximum atomic E-state index is 12.0. The van der Waals surface area contributed by atoms with Crippen molar-refractivity contribution in [3.8, 4) is 0 Å². The fraction of sp³-hybridized carbons (Fsp3) is 0.286. The van der Waals surface area contributed by atoms with Crippen molar-refractivity contribution in [3.05, 3.63) is 46.7 Å². The number of carbonyl (C=O) groups excluding carboxylic acids is 1. The van der Waals surface area contributed by atoms with Crippen LogP contribution < -0.4 is 5.32 Å². The lowest BCUT2D eigenvalue weighted by molar-refractivity contribution is 0.102. The monoisotopic (exact) mass is 277 g/mol. The Kier molecular flexibility index (Phi) is 4.22. The molecule has 0 fully saturated rings. The summed E-state index contributed by atoms with van der Waals surface area (Å²) in [4.78, 5) is 12.0. The maximum absolute atomic E-state index is 12.0. The van der Waals surface area contributed by atoms with Crippen LogP contribution in [-0.4, -0.2) is 15.7 Å². The predicted molar refractivity (Wildman–Crippen MR) is 76.7 cm³/mol. The van der Waals surface area contributed by atoms with Gasteiger partial charge in [-0.3, -0.25) is 9.48 Å². The molecule has 1 heterocycles. The van der Waals surface area contributed by atoms with Crippen LogP contribution in [0.3, 0.4) is 0 Å². The number of aryl methyl sites for hydroxylation is 2. The van der Waals surface area contributed by atoms with Gasteiger partial charge < -0.3 is 5.32 Å². The van der Waals surface area contributed by atoms with Crippen LogP contribution >= 0.6 is 11.6 Å². The predicted octanol–water partition coefficient (Wildman–Crippen LogP) is 3.51. The summed E-state index contributed by atoms with van der Waals surface area (Å²) in [6.45, 7) is 4.79. The Labute approximate surface area is 117 Å². The Balaban J connectivity index is 2.09. The highest BCUT2D eigenvalue weighted by atomic mass is 35.5. The number of rotatable bonds is 4. The molecule has 19 heavy (non-hydrogen) atoms. The van der Waals surface area contributed by atoms with Crippen molar-refractivity contribution in [2.75, 3.05) is 5.32 Å². The number of anilines is 1. The van der Waals surface area contributed by atoms with E-state index < -0.39 is 0 Å². The van der Waals surface area contributed by atoms with Crippen LogP contribution in [-0.2, 0) is 6.54 Å². The molecule has 0 unspecified atom stereocenters. The van der Waals surface area contributed by atoms with Crippen LogP contribution in [0.25, 0.3) is 0 Å². The number of aromatic nitrogens is 2. The Morgan fingerprint density at radius 3 is 2.89 bits per heavy atom. The highest BCUT2D eigenvalue weighted by molar-refractivity contribution is 6.31. The van der Waals surface area contributed by atoms with Crippen molar-refractivity contribution in [2.24, 2.45) is 0 Å². The number of nitrogens with zero attached hydrogens (tertiary/aromatic N) is 2. The molecule has 1 aromatic heterocycles. The number of amides is 1. The summed E-state index contributed by atoms with van der Waals surface area (Å²) in [5.74, 6) is -0.227. The molecule has 5 heteroatoms. The van der Waals surface area contributed by atoms with Gasteiger partial charge in [-0.15, -0.1) is 0 Å². The Morgan fingerprint density at radius 1 is 1.42 bits per heavy atom. The van der Waals surface area contributed by atoms with Crippen LogP contribution in [0.5, 0.6) is 0 Å². The normalized spacial score (nSPS) is 10.5. The van der Waals surface area contributed by atoms with E-state index in [0.29, 0.717) is 16.4 Å². The lowest BCUT2D eigenvalue weighted by Gasteiger charge is -2.05. The molecule has 0 radical (unpaired) electrons. The van der Waals surface area contributed by atoms with Gasteiger partial charge >= 0.3 is 0 Å². The van der Waals surface area contributed by atoms with E-state index in [9.17, 15) is 4.79 Å². The average molecular weight is 278 g/mol. The van der Waals surface area contributed by atoms with Crippen molar-refractivity contribution in [1.82, 2.24) is 9.78 Å². The van der Waals surface area contributed by atoms with Gasteiger partial charge in [0.2, 0.25) is 0 Å². The van der Waals surface area contributed by atoms with Gasteiger partial charge in [-0.05, 0) is 37.1 Å². The quantitative estimate of drug-likeness (QED) is 0.930. The summed E-state index contributed by atoms with van der Waals surface area (Å²) in [6.07, 6.45) is 2.79. The molecule has 0 aliphatic rings. The number of carbonyl (C=O) groups is 1. The van der Waals surface area contributed by atoms with Crippen molar-refractivity contribution in [2.45, 2.75) is 26.8 Å². The average Bonchev–Trinajstić information content (AvgIpc) is 2.83. The molecule has 2 aromatic rings. The van der Waals surface area contributed by atoms with E-state index in [1.54, 1.807) is 23.0 Å². The van der Waals surface area contributed by atoms with Gasteiger partial charge in [-0.1, -0.05) is 24.6 Å². The van der Waals surface area contributed by atoms with Crippen LogP contribution in [0.1, 0.15) is 29.4 Å². The van der Waals surface area contributed by atoms with Crippen LogP contribution in [0.4, 0.5) is 5.69 Å². The van der Waals surface area contributed by atoms with Gasteiger partial charge in [0, 0.05) is 23.5 Å². The van der Waals surface area contributed by atoms with Crippen molar-refractivity contribution in [1.29, 1.82) is 0 Å². The van der Waals surface area contributed by atoms with Gasteiger partial charge in [0.25, 0.3) is 5.91 Å². The third-order valence-electron chi connectivity index (χ3n) is 2.76. The van der Waals surface area contributed by atoms with Crippen molar-refractivity contribution < 1.29 is 4.79 Å². The van der Waals surface area contributed by atoms with Gasteiger partial charge in [-0.2, -0.15) is 5.10 Å². The minimum Gasteiger partial charge on any atom is -0.321 e. The fourth-order valence-electron chi connectivity index (χ4n) is 1.70. The lowest BCUT2D eigenvalue weighted by atomic mass is 10.2. The third-order valence-corrected chi connectivity index (χ3v) is 3.16. The van der Waals surface area contributed by atoms with Crippen LogP contribution in [0.15, 0.2) is 30.5 Å². The molecule has 4 nitrogen and oxygen atoms in total. The molecular formula is C14H16ClN3O. The standard InChI is InChI=1S/C14H16ClN3O/c1-3-7-18-8-6-13(17-18)14(19)16-11-5-4-10(2)12(15)9-11/h4-6,8-9H,3,7H2,1-2H3,(H,16,19). The maximum Gasteiger partial charge on any atom is 0.276 e. The van der Waals surface area contributed by atoms with Gasteiger partial charge in [0.1, 0.15) is 0 Å². The molecule has 2 rings (SSSR count). The Bertz CT molecular complexity index is 592. The highest BCUT2D eigenvalue weighted by Crippen LogP contribution is 2.20. The summed E-state index contributed by atoms with van der Waals surface area (Å²) < 4.78 is 1.76. The minimum atomic E-state index is -0.227. The zero-order valence-corrected chi connectivity index (χ0v) is 11.7. The van der Waals surface area contributed by atoms with Crippen LogP contribution in [0, 0.1) is 6.92 Å². The molecule has 1 amide bonds. The number of halogens is 1. The molecule has 0 spiro atoms. The first-order valence-corrected chi connectivity index (χ1v) is 6.59. The topological polar surface area (TPSA) is 46.9 Å². The van der Waals surface area contributed by atoms with Gasteiger partial charge in [-0.25, -0.2) is 0 Å². The smallest absolute Gasteiger partial charge is 0.276 e. The van der Waals surface area contributed by atoms with E-state index in [2.05, 4.69) is 17.3 Å². The molecule has 1 aromatic carbocycles. The SMILES string of the molecule is CCCn1ccc(C(=O)Nc2ccc(C)c(Cl)c2)n1. The first-order valence-electron chi connectivity index (χ1n) is 6.21. The zero-order valence-electron chi connectivity index (χ0n) is 11.0. The molecule has 0 aliphatic heterocycles. The Morgan fingerprint density at radius 2 is 2.21 bits per heavy atom. The number of benzene rings is 1. The molecular weight excluding hydrogens is 262 g/mol. The van der Waals surface area contributed by atoms with Gasteiger partial charge in [0.05, 0.1) is 0 Å². The Hall–Kier alpha value is -1.81. The molecule has 0 bridgehead atoms. The molecule has 0 saturated heterocycles. The van der Waals surface area contributed by atoms with E-state index in [-0.39, 0.29) is 5.91 Å². The van der Waals surface area contributed by atoms with E-state index in [1.165, 1.54) is 0 Å². The van der Waals surface area contributed by atoms with E-state index >= 15 is 0 Å². The zero-order chi connectivity index (χ0) is 13.8. The summed E-state index contributed by atoms with van der Waals surface area (Å²) in [5.41, 5.74) is 2.06. The van der Waals surface area contributed by atoms with E-state index in [4.69, 9.17) is 11.6 Å². The largest absolute Gasteiger partial charge is 0.321 e. The fourth-order valence-corrected chi connectivity index (χ4v) is 1.88. The van der Waals surface area contributed by atoms with E-state index in [0.717, 1.165) is 18.5 Å². The van der Waals surface area contributed by atoms with Gasteiger partial charge in [0.15, 0.2) is 5.69 Å². The highest BCUT2D eigenvalue weighted by Gasteiger charge is 2.10.